The van der Waals surface area contributed by atoms with Gasteiger partial charge in [0.05, 0.1) is 23.7 Å². The normalized spacial score (nSPS) is 33.2. The minimum atomic E-state index is -3.80. The molecule has 2 bridgehead atoms. The third-order valence-corrected chi connectivity index (χ3v) is 4.98. The minimum Gasteiger partial charge on any atom is -0.369 e. The first kappa shape index (κ1) is 13.0. The fourth-order valence-corrected chi connectivity index (χ4v) is 3.67. The maximum Gasteiger partial charge on any atom is 0.297 e. The smallest absolute Gasteiger partial charge is 0.297 e. The van der Waals surface area contributed by atoms with Crippen LogP contribution in [0.25, 0.3) is 0 Å². The van der Waals surface area contributed by atoms with Crippen molar-refractivity contribution < 1.29 is 21.7 Å². The van der Waals surface area contributed by atoms with Crippen LogP contribution in [0.1, 0.15) is 18.4 Å². The molecule has 0 spiro atoms. The van der Waals surface area contributed by atoms with Gasteiger partial charge in [0.2, 0.25) is 0 Å². The summed E-state index contributed by atoms with van der Waals surface area (Å²) in [5.74, 6) is 0. The van der Waals surface area contributed by atoms with E-state index >= 15 is 0 Å². The Hall–Kier alpha value is -0.980. The van der Waals surface area contributed by atoms with Crippen LogP contribution >= 0.6 is 0 Å². The van der Waals surface area contributed by atoms with Gasteiger partial charge in [-0.2, -0.15) is 8.42 Å². The van der Waals surface area contributed by atoms with Gasteiger partial charge in [0.15, 0.2) is 0 Å². The topological polar surface area (TPSA) is 52.6 Å². The molecule has 1 aromatic carbocycles. The molecular formula is C13H15FO4S. The van der Waals surface area contributed by atoms with Crippen LogP contribution in [0, 0.1) is 6.92 Å². The van der Waals surface area contributed by atoms with Gasteiger partial charge in [0.25, 0.3) is 10.1 Å². The van der Waals surface area contributed by atoms with E-state index in [2.05, 4.69) is 0 Å². The first-order chi connectivity index (χ1) is 8.83. The lowest BCUT2D eigenvalue weighted by Crippen LogP contribution is -2.49. The van der Waals surface area contributed by atoms with Crippen molar-refractivity contribution in [3.63, 3.8) is 0 Å². The van der Waals surface area contributed by atoms with Crippen molar-refractivity contribution in [1.82, 2.24) is 0 Å². The van der Waals surface area contributed by atoms with Crippen molar-refractivity contribution >= 4 is 10.1 Å². The highest BCUT2D eigenvalue weighted by Gasteiger charge is 2.64. The minimum absolute atomic E-state index is 0.0426. The van der Waals surface area contributed by atoms with Gasteiger partial charge in [0.1, 0.15) is 5.67 Å². The third-order valence-electron chi connectivity index (χ3n) is 3.70. The van der Waals surface area contributed by atoms with Crippen LogP contribution in [-0.4, -0.2) is 32.9 Å². The second-order valence-electron chi connectivity index (χ2n) is 5.51. The van der Waals surface area contributed by atoms with Crippen molar-refractivity contribution in [2.45, 2.75) is 35.9 Å². The summed E-state index contributed by atoms with van der Waals surface area (Å²) in [6.07, 6.45) is 0.451. The zero-order chi connectivity index (χ0) is 13.7. The summed E-state index contributed by atoms with van der Waals surface area (Å²) in [4.78, 5) is 0.110. The highest BCUT2D eigenvalue weighted by Crippen LogP contribution is 2.54. The molecule has 0 N–H and O–H groups in total. The number of halogens is 1. The molecule has 1 saturated carbocycles. The van der Waals surface area contributed by atoms with E-state index in [1.165, 1.54) is 12.1 Å². The molecule has 0 aromatic heterocycles. The first-order valence-electron chi connectivity index (χ1n) is 6.12. The molecule has 3 fully saturated rings. The van der Waals surface area contributed by atoms with E-state index in [1.807, 2.05) is 6.92 Å². The van der Waals surface area contributed by atoms with Gasteiger partial charge < -0.3 is 4.74 Å². The highest BCUT2D eigenvalue weighted by atomic mass is 32.2. The van der Waals surface area contributed by atoms with Crippen LogP contribution in [-0.2, 0) is 19.0 Å². The van der Waals surface area contributed by atoms with Crippen molar-refractivity contribution in [2.24, 2.45) is 0 Å². The largest absolute Gasteiger partial charge is 0.369 e. The van der Waals surface area contributed by atoms with Crippen LogP contribution in [0.2, 0.25) is 0 Å². The molecule has 0 atom stereocenters. The number of hydrogen-bond donors (Lipinski definition) is 0. The van der Waals surface area contributed by atoms with E-state index in [4.69, 9.17) is 8.92 Å². The Labute approximate surface area is 111 Å². The second-order valence-corrected chi connectivity index (χ2v) is 7.12. The lowest BCUT2D eigenvalue weighted by molar-refractivity contribution is -0.0554. The second kappa shape index (κ2) is 4.01. The highest BCUT2D eigenvalue weighted by molar-refractivity contribution is 7.86. The molecule has 2 saturated heterocycles. The molecule has 4 rings (SSSR count). The average molecular weight is 286 g/mol. The van der Waals surface area contributed by atoms with Crippen LogP contribution in [0.3, 0.4) is 0 Å². The van der Waals surface area contributed by atoms with Gasteiger partial charge in [0, 0.05) is 12.8 Å². The summed E-state index contributed by atoms with van der Waals surface area (Å²) in [6, 6.07) is 6.41. The van der Waals surface area contributed by atoms with Crippen LogP contribution < -0.4 is 0 Å². The van der Waals surface area contributed by atoms with E-state index in [0.717, 1.165) is 5.56 Å². The fourth-order valence-electron chi connectivity index (χ4n) is 2.69. The molecule has 2 aliphatic heterocycles. The zero-order valence-corrected chi connectivity index (χ0v) is 11.4. The Kier molecular flexibility index (Phi) is 2.75. The summed E-state index contributed by atoms with van der Waals surface area (Å²) in [7, 11) is -3.80. The van der Waals surface area contributed by atoms with E-state index < -0.39 is 21.4 Å². The van der Waals surface area contributed by atoms with Crippen molar-refractivity contribution in [3.05, 3.63) is 29.8 Å². The maximum absolute atomic E-state index is 13.6. The summed E-state index contributed by atoms with van der Waals surface area (Å²) < 4.78 is 47.8. The monoisotopic (exact) mass is 286 g/mol. The van der Waals surface area contributed by atoms with Crippen molar-refractivity contribution in [1.29, 1.82) is 0 Å². The lowest BCUT2D eigenvalue weighted by Gasteiger charge is -2.38. The third kappa shape index (κ3) is 2.28. The number of ether oxygens (including phenoxy) is 1. The number of alkyl halides is 1. The molecule has 0 radical (unpaired) electrons. The van der Waals surface area contributed by atoms with Gasteiger partial charge in [-0.1, -0.05) is 17.7 Å². The van der Waals surface area contributed by atoms with Crippen molar-refractivity contribution in [2.75, 3.05) is 13.2 Å². The number of fused-ring (bicyclic) bond motifs is 1. The molecule has 2 heterocycles. The molecule has 0 amide bonds. The predicted molar refractivity (Wildman–Crippen MR) is 66.1 cm³/mol. The first-order valence-corrected chi connectivity index (χ1v) is 7.53. The average Bonchev–Trinajstić information content (AvgIpc) is 2.81. The number of aryl methyl sites for hydroxylation is 1. The van der Waals surface area contributed by atoms with E-state index in [0.29, 0.717) is 0 Å². The van der Waals surface area contributed by atoms with Crippen LogP contribution in [0.5, 0.6) is 0 Å². The van der Waals surface area contributed by atoms with E-state index in [-0.39, 0.29) is 31.0 Å². The molecular weight excluding hydrogens is 271 g/mol. The van der Waals surface area contributed by atoms with Crippen LogP contribution in [0.4, 0.5) is 4.39 Å². The predicted octanol–water partition coefficient (Wildman–Crippen LogP) is 1.97. The molecule has 19 heavy (non-hydrogen) atoms. The van der Waals surface area contributed by atoms with Gasteiger partial charge >= 0.3 is 0 Å². The number of hydrogen-bond acceptors (Lipinski definition) is 4. The fraction of sp³-hybridized carbons (Fsp3) is 0.538. The van der Waals surface area contributed by atoms with Crippen LogP contribution in [0.15, 0.2) is 29.2 Å². The standard InChI is InChI=1S/C13H15FO4S/c1-10-2-4-11(5-3-10)19(15,16)18-9-13-6-12(14,7-13)8-17-13/h2-5H,6-9H2,1H3. The van der Waals surface area contributed by atoms with Crippen molar-refractivity contribution in [3.8, 4) is 0 Å². The number of benzene rings is 1. The molecule has 3 aliphatic rings. The molecule has 104 valence electrons. The van der Waals surface area contributed by atoms with Gasteiger partial charge in [-0.25, -0.2) is 4.39 Å². The number of rotatable bonds is 4. The summed E-state index contributed by atoms with van der Waals surface area (Å²) in [5.41, 5.74) is -1.04. The maximum atomic E-state index is 13.6. The zero-order valence-electron chi connectivity index (χ0n) is 10.6. The van der Waals surface area contributed by atoms with Gasteiger partial charge in [-0.3, -0.25) is 4.18 Å². The summed E-state index contributed by atoms with van der Waals surface area (Å²) in [6.45, 7) is 1.80. The quantitative estimate of drug-likeness (QED) is 0.794. The Balaban J connectivity index is 1.68. The van der Waals surface area contributed by atoms with E-state index in [9.17, 15) is 12.8 Å². The Bertz CT molecular complexity index is 588. The summed E-state index contributed by atoms with van der Waals surface area (Å²) >= 11 is 0. The molecule has 4 nitrogen and oxygen atoms in total. The van der Waals surface area contributed by atoms with E-state index in [1.54, 1.807) is 12.1 Å². The Morgan fingerprint density at radius 1 is 1.32 bits per heavy atom. The summed E-state index contributed by atoms with van der Waals surface area (Å²) in [5, 5.41) is 0. The lowest BCUT2D eigenvalue weighted by atomic mass is 9.73. The molecule has 1 aliphatic carbocycles. The molecule has 6 heteroatoms. The molecule has 1 aromatic rings. The van der Waals surface area contributed by atoms with Gasteiger partial charge in [-0.05, 0) is 19.1 Å². The Morgan fingerprint density at radius 3 is 2.47 bits per heavy atom. The molecule has 0 unspecified atom stereocenters. The van der Waals surface area contributed by atoms with Gasteiger partial charge in [-0.15, -0.1) is 0 Å². The Morgan fingerprint density at radius 2 is 1.95 bits per heavy atom. The SMILES string of the molecule is Cc1ccc(S(=O)(=O)OCC23CC(F)(CO2)C3)cc1.